The van der Waals surface area contributed by atoms with E-state index >= 15 is 0 Å². The van der Waals surface area contributed by atoms with Gasteiger partial charge in [0.1, 0.15) is 22.3 Å². The Morgan fingerprint density at radius 2 is 0.818 bits per heavy atom. The Bertz CT molecular complexity index is 3080. The highest BCUT2D eigenvalue weighted by Gasteiger charge is 2.22. The molecule has 0 bridgehead atoms. The highest BCUT2D eigenvalue weighted by atomic mass is 16.3. The summed E-state index contributed by atoms with van der Waals surface area (Å²) in [4.78, 5) is 2.32. The van der Waals surface area contributed by atoms with Crippen LogP contribution in [0.25, 0.3) is 88.0 Å². The van der Waals surface area contributed by atoms with E-state index in [4.69, 9.17) is 8.83 Å². The molecule has 2 aromatic heterocycles. The van der Waals surface area contributed by atoms with Gasteiger partial charge in [0.15, 0.2) is 0 Å². The van der Waals surface area contributed by atoms with Gasteiger partial charge in [0.05, 0.1) is 0 Å². The lowest BCUT2D eigenvalue weighted by Crippen LogP contribution is -2.09. The number of anilines is 3. The molecule has 3 heteroatoms. The van der Waals surface area contributed by atoms with Gasteiger partial charge in [-0.05, 0) is 93.2 Å². The van der Waals surface area contributed by atoms with Crippen molar-refractivity contribution in [2.24, 2.45) is 0 Å². The Morgan fingerprint density at radius 1 is 0.309 bits per heavy atom. The van der Waals surface area contributed by atoms with Crippen molar-refractivity contribution >= 4 is 71.7 Å². The van der Waals surface area contributed by atoms with Crippen LogP contribution in [-0.2, 0) is 0 Å². The second-order valence-corrected chi connectivity index (χ2v) is 14.1. The average Bonchev–Trinajstić information content (AvgIpc) is 3.84. The lowest BCUT2D eigenvalue weighted by molar-refractivity contribution is 0.664. The van der Waals surface area contributed by atoms with E-state index in [1.54, 1.807) is 0 Å². The molecule has 11 aromatic rings. The Balaban J connectivity index is 1.06. The molecule has 9 aromatic carbocycles. The van der Waals surface area contributed by atoms with E-state index in [1.165, 1.54) is 33.0 Å². The number of para-hydroxylation sites is 1. The monoisotopic (exact) mass is 703 g/mol. The van der Waals surface area contributed by atoms with E-state index in [0.29, 0.717) is 0 Å². The van der Waals surface area contributed by atoms with Gasteiger partial charge in [-0.1, -0.05) is 146 Å². The largest absolute Gasteiger partial charge is 0.456 e. The molecule has 55 heavy (non-hydrogen) atoms. The molecule has 3 nitrogen and oxygen atoms in total. The van der Waals surface area contributed by atoms with Crippen LogP contribution in [0.3, 0.4) is 0 Å². The molecule has 258 valence electrons. The highest BCUT2D eigenvalue weighted by molar-refractivity contribution is 6.32. The average molecular weight is 704 g/mol. The lowest BCUT2D eigenvalue weighted by Gasteiger charge is -2.26. The summed E-state index contributed by atoms with van der Waals surface area (Å²) in [6.07, 6.45) is 0. The minimum atomic E-state index is 0.850. The maximum atomic E-state index is 6.74. The van der Waals surface area contributed by atoms with E-state index in [2.05, 4.69) is 199 Å². The van der Waals surface area contributed by atoms with Crippen LogP contribution in [0.5, 0.6) is 0 Å². The number of hydrogen-bond acceptors (Lipinski definition) is 3. The first-order valence-electron chi connectivity index (χ1n) is 18.7. The summed E-state index contributed by atoms with van der Waals surface area (Å²) in [6, 6.07) is 70.7. The number of fused-ring (bicyclic) bond motifs is 9. The van der Waals surface area contributed by atoms with E-state index in [-0.39, 0.29) is 0 Å². The van der Waals surface area contributed by atoms with Crippen molar-refractivity contribution in [2.75, 3.05) is 4.90 Å². The molecule has 0 N–H and O–H groups in total. The zero-order valence-corrected chi connectivity index (χ0v) is 29.8. The summed E-state index contributed by atoms with van der Waals surface area (Å²) in [5, 5.41) is 6.75. The predicted molar refractivity (Wildman–Crippen MR) is 229 cm³/mol. The van der Waals surface area contributed by atoms with Crippen LogP contribution in [0.4, 0.5) is 17.1 Å². The van der Waals surface area contributed by atoms with Crippen LogP contribution in [0.2, 0.25) is 0 Å². The van der Waals surface area contributed by atoms with Crippen LogP contribution in [0.15, 0.2) is 209 Å². The smallest absolute Gasteiger partial charge is 0.144 e. The van der Waals surface area contributed by atoms with Crippen LogP contribution in [0.1, 0.15) is 0 Å². The Kier molecular flexibility index (Phi) is 7.17. The van der Waals surface area contributed by atoms with Gasteiger partial charge in [-0.2, -0.15) is 0 Å². The van der Waals surface area contributed by atoms with Crippen LogP contribution < -0.4 is 4.90 Å². The quantitative estimate of drug-likeness (QED) is 0.173. The first-order chi connectivity index (χ1) is 27.3. The van der Waals surface area contributed by atoms with Crippen LogP contribution in [-0.4, -0.2) is 0 Å². The SMILES string of the molecule is c1ccc(-c2ccc(N(c3ccc(-c4ccccc4)cc3)c3ccc(-c4cc5oc6ccc7ccccc7c6c5c5c4oc4ccccc45)cc3)cc2)cc1. The minimum Gasteiger partial charge on any atom is -0.456 e. The van der Waals surface area contributed by atoms with Crippen molar-refractivity contribution in [3.05, 3.63) is 200 Å². The van der Waals surface area contributed by atoms with Crippen molar-refractivity contribution < 1.29 is 8.83 Å². The van der Waals surface area contributed by atoms with Crippen molar-refractivity contribution in [3.8, 4) is 33.4 Å². The third-order valence-corrected chi connectivity index (χ3v) is 10.9. The summed E-state index contributed by atoms with van der Waals surface area (Å²) in [6.45, 7) is 0. The van der Waals surface area contributed by atoms with Crippen LogP contribution in [0, 0.1) is 0 Å². The number of benzene rings is 9. The van der Waals surface area contributed by atoms with Gasteiger partial charge in [-0.25, -0.2) is 0 Å². The van der Waals surface area contributed by atoms with Gasteiger partial charge in [-0.3, -0.25) is 0 Å². The molecule has 11 rings (SSSR count). The number of hydrogen-bond donors (Lipinski definition) is 0. The topological polar surface area (TPSA) is 29.5 Å². The standard InChI is InChI=1S/C52H33NO2/c1-3-11-34(12-4-1)36-19-26-40(27-20-36)53(41-28-21-37(22-29-41)35-13-5-2-6-14-35)42-30-23-39(24-31-42)45-33-48-51(50-44-17-9-10-18-46(44)55-52(45)50)49-43-16-8-7-15-38(43)25-32-47(49)54-48/h1-33H. The van der Waals surface area contributed by atoms with Crippen molar-refractivity contribution in [3.63, 3.8) is 0 Å². The molecule has 0 atom stereocenters. The molecule has 0 saturated carbocycles. The lowest BCUT2D eigenvalue weighted by atomic mass is 9.96. The number of furan rings is 2. The first kappa shape index (κ1) is 31.2. The molecule has 0 radical (unpaired) electrons. The van der Waals surface area contributed by atoms with E-state index in [1.807, 2.05) is 6.07 Å². The zero-order chi connectivity index (χ0) is 36.3. The van der Waals surface area contributed by atoms with E-state index in [0.717, 1.165) is 72.1 Å². The molecule has 0 aliphatic rings. The first-order valence-corrected chi connectivity index (χ1v) is 18.7. The summed E-state index contributed by atoms with van der Waals surface area (Å²) >= 11 is 0. The fraction of sp³-hybridized carbons (Fsp3) is 0. The molecular weight excluding hydrogens is 671 g/mol. The van der Waals surface area contributed by atoms with Gasteiger partial charge >= 0.3 is 0 Å². The second-order valence-electron chi connectivity index (χ2n) is 14.1. The minimum absolute atomic E-state index is 0.850. The fourth-order valence-corrected chi connectivity index (χ4v) is 8.24. The Hall–Kier alpha value is -7.36. The van der Waals surface area contributed by atoms with Gasteiger partial charge in [0, 0.05) is 44.2 Å². The van der Waals surface area contributed by atoms with E-state index < -0.39 is 0 Å². The van der Waals surface area contributed by atoms with Crippen LogP contribution >= 0.6 is 0 Å². The van der Waals surface area contributed by atoms with Crippen molar-refractivity contribution in [1.29, 1.82) is 0 Å². The summed E-state index contributed by atoms with van der Waals surface area (Å²) < 4.78 is 13.4. The second kappa shape index (κ2) is 12.6. The molecular formula is C52H33NO2. The normalized spacial score (nSPS) is 11.6. The highest BCUT2D eigenvalue weighted by Crippen LogP contribution is 2.47. The summed E-state index contributed by atoms with van der Waals surface area (Å²) in [5.74, 6) is 0. The van der Waals surface area contributed by atoms with Gasteiger partial charge in [0.25, 0.3) is 0 Å². The molecule has 0 saturated heterocycles. The summed E-state index contributed by atoms with van der Waals surface area (Å²) in [7, 11) is 0. The number of rotatable bonds is 6. The fourth-order valence-electron chi connectivity index (χ4n) is 8.24. The molecule has 0 aliphatic carbocycles. The molecule has 0 spiro atoms. The Labute approximate surface area is 317 Å². The molecule has 0 unspecified atom stereocenters. The Morgan fingerprint density at radius 3 is 1.44 bits per heavy atom. The predicted octanol–water partition coefficient (Wildman–Crippen LogP) is 15.1. The number of nitrogens with zero attached hydrogens (tertiary/aromatic N) is 1. The zero-order valence-electron chi connectivity index (χ0n) is 29.8. The van der Waals surface area contributed by atoms with Gasteiger partial charge in [0.2, 0.25) is 0 Å². The summed E-state index contributed by atoms with van der Waals surface area (Å²) in [5.41, 5.74) is 13.5. The van der Waals surface area contributed by atoms with Gasteiger partial charge < -0.3 is 13.7 Å². The van der Waals surface area contributed by atoms with Gasteiger partial charge in [-0.15, -0.1) is 0 Å². The maximum Gasteiger partial charge on any atom is 0.144 e. The third kappa shape index (κ3) is 5.20. The van der Waals surface area contributed by atoms with Crippen molar-refractivity contribution in [2.45, 2.75) is 0 Å². The molecule has 0 aliphatic heterocycles. The molecule has 0 fully saturated rings. The molecule has 0 amide bonds. The molecule has 2 heterocycles. The third-order valence-electron chi connectivity index (χ3n) is 10.9. The van der Waals surface area contributed by atoms with Crippen molar-refractivity contribution in [1.82, 2.24) is 0 Å². The van der Waals surface area contributed by atoms with E-state index in [9.17, 15) is 0 Å². The maximum absolute atomic E-state index is 6.74.